The quantitative estimate of drug-likeness (QED) is 0.744. The molecule has 0 saturated carbocycles. The first kappa shape index (κ1) is 19.5. The van der Waals surface area contributed by atoms with Crippen molar-refractivity contribution in [3.05, 3.63) is 60.2 Å². The molecular formula is C21H26N2O3. The van der Waals surface area contributed by atoms with Gasteiger partial charge in [0, 0.05) is 32.1 Å². The molecule has 2 aromatic rings. The summed E-state index contributed by atoms with van der Waals surface area (Å²) in [4.78, 5) is 25.2. The summed E-state index contributed by atoms with van der Waals surface area (Å²) in [7, 11) is 0. The molecule has 0 fully saturated rings. The molecule has 0 aliphatic heterocycles. The number of carbonyl (C=O) groups is 2. The molecule has 5 nitrogen and oxygen atoms in total. The lowest BCUT2D eigenvalue weighted by Crippen LogP contribution is -2.32. The van der Waals surface area contributed by atoms with E-state index in [0.29, 0.717) is 25.4 Å². The molecule has 2 amide bonds. The minimum absolute atomic E-state index is 0.000400. The monoisotopic (exact) mass is 354 g/mol. The molecule has 0 spiro atoms. The fraction of sp³-hybridized carbons (Fsp3) is 0.333. The van der Waals surface area contributed by atoms with E-state index in [0.717, 1.165) is 17.7 Å². The molecule has 138 valence electrons. The summed E-state index contributed by atoms with van der Waals surface area (Å²) in [6, 6.07) is 17.2. The van der Waals surface area contributed by atoms with Crippen molar-refractivity contribution in [1.29, 1.82) is 0 Å². The smallest absolute Gasteiger partial charge is 0.226 e. The van der Waals surface area contributed by atoms with Gasteiger partial charge < -0.3 is 15.0 Å². The number of anilines is 1. The molecule has 1 N–H and O–H groups in total. The molecule has 26 heavy (non-hydrogen) atoms. The van der Waals surface area contributed by atoms with Gasteiger partial charge in [-0.3, -0.25) is 9.59 Å². The summed E-state index contributed by atoms with van der Waals surface area (Å²) in [5.41, 5.74) is 1.82. The molecule has 0 radical (unpaired) electrons. The van der Waals surface area contributed by atoms with E-state index < -0.39 is 0 Å². The Morgan fingerprint density at radius 2 is 1.69 bits per heavy atom. The van der Waals surface area contributed by atoms with Crippen molar-refractivity contribution in [2.45, 2.75) is 33.3 Å². The first-order valence-electron chi connectivity index (χ1n) is 8.90. The van der Waals surface area contributed by atoms with Crippen molar-refractivity contribution in [2.24, 2.45) is 0 Å². The predicted molar refractivity (Wildman–Crippen MR) is 103 cm³/mol. The molecule has 0 aliphatic carbocycles. The van der Waals surface area contributed by atoms with Crippen molar-refractivity contribution >= 4 is 17.5 Å². The van der Waals surface area contributed by atoms with Crippen LogP contribution in [-0.2, 0) is 16.2 Å². The maximum absolute atomic E-state index is 12.1. The highest BCUT2D eigenvalue weighted by Gasteiger charge is 2.10. The van der Waals surface area contributed by atoms with Crippen LogP contribution in [0.4, 0.5) is 5.69 Å². The molecule has 0 heterocycles. The van der Waals surface area contributed by atoms with E-state index in [-0.39, 0.29) is 18.2 Å². The highest BCUT2D eigenvalue weighted by molar-refractivity contribution is 5.91. The summed E-state index contributed by atoms with van der Waals surface area (Å²) in [6.07, 6.45) is 1.16. The Balaban J connectivity index is 1.79. The molecule has 2 rings (SSSR count). The Morgan fingerprint density at radius 3 is 2.31 bits per heavy atom. The minimum Gasteiger partial charge on any atom is -0.489 e. The lowest BCUT2D eigenvalue weighted by atomic mass is 10.2. The van der Waals surface area contributed by atoms with Gasteiger partial charge in [-0.15, -0.1) is 0 Å². The second kappa shape index (κ2) is 10.2. The van der Waals surface area contributed by atoms with Gasteiger partial charge >= 0.3 is 0 Å². The largest absolute Gasteiger partial charge is 0.489 e. The second-order valence-electron chi connectivity index (χ2n) is 6.10. The van der Waals surface area contributed by atoms with Crippen LogP contribution in [0.3, 0.4) is 0 Å². The van der Waals surface area contributed by atoms with Gasteiger partial charge in [-0.05, 0) is 36.2 Å². The zero-order valence-corrected chi connectivity index (χ0v) is 15.4. The summed E-state index contributed by atoms with van der Waals surface area (Å²) in [5, 5.41) is 2.85. The molecule has 0 bridgehead atoms. The van der Waals surface area contributed by atoms with Crippen molar-refractivity contribution < 1.29 is 14.3 Å². The Bertz CT molecular complexity index is 699. The Labute approximate surface area is 155 Å². The second-order valence-corrected chi connectivity index (χ2v) is 6.10. The highest BCUT2D eigenvalue weighted by Crippen LogP contribution is 2.17. The molecule has 0 aromatic heterocycles. The van der Waals surface area contributed by atoms with Gasteiger partial charge in [-0.2, -0.15) is 0 Å². The summed E-state index contributed by atoms with van der Waals surface area (Å²) >= 11 is 0. The highest BCUT2D eigenvalue weighted by atomic mass is 16.5. The fourth-order valence-electron chi connectivity index (χ4n) is 2.53. The normalized spacial score (nSPS) is 10.2. The number of hydrogen-bond acceptors (Lipinski definition) is 3. The van der Waals surface area contributed by atoms with Crippen LogP contribution in [-0.4, -0.2) is 29.8 Å². The third-order valence-corrected chi connectivity index (χ3v) is 3.93. The van der Waals surface area contributed by atoms with Crippen LogP contribution in [0.25, 0.3) is 0 Å². The zero-order valence-electron chi connectivity index (χ0n) is 15.4. The van der Waals surface area contributed by atoms with E-state index in [2.05, 4.69) is 5.32 Å². The zero-order chi connectivity index (χ0) is 18.8. The molecule has 0 atom stereocenters. The lowest BCUT2D eigenvalue weighted by molar-refractivity contribution is -0.129. The first-order valence-corrected chi connectivity index (χ1v) is 8.90. The average molecular weight is 354 g/mol. The molecule has 2 aromatic carbocycles. The van der Waals surface area contributed by atoms with Gasteiger partial charge in [-0.25, -0.2) is 0 Å². The van der Waals surface area contributed by atoms with Crippen LogP contribution in [0.5, 0.6) is 5.75 Å². The van der Waals surface area contributed by atoms with E-state index in [4.69, 9.17) is 4.74 Å². The number of nitrogens with zero attached hydrogens (tertiary/aromatic N) is 1. The van der Waals surface area contributed by atoms with Gasteiger partial charge in [0.2, 0.25) is 11.8 Å². The number of carbonyl (C=O) groups excluding carboxylic acids is 2. The van der Waals surface area contributed by atoms with Crippen LogP contribution >= 0.6 is 0 Å². The minimum atomic E-state index is -0.106. The summed E-state index contributed by atoms with van der Waals surface area (Å²) in [6.45, 7) is 5.16. The topological polar surface area (TPSA) is 58.6 Å². The molecule has 5 heteroatoms. The fourth-order valence-corrected chi connectivity index (χ4v) is 2.53. The number of ether oxygens (including phenoxy) is 1. The van der Waals surface area contributed by atoms with E-state index in [1.807, 2.05) is 61.5 Å². The van der Waals surface area contributed by atoms with Crippen molar-refractivity contribution in [3.8, 4) is 5.75 Å². The van der Waals surface area contributed by atoms with Crippen LogP contribution in [0.2, 0.25) is 0 Å². The van der Waals surface area contributed by atoms with Crippen LogP contribution in [0.15, 0.2) is 54.6 Å². The van der Waals surface area contributed by atoms with E-state index >= 15 is 0 Å². The van der Waals surface area contributed by atoms with E-state index in [1.165, 1.54) is 6.92 Å². The van der Waals surface area contributed by atoms with E-state index in [1.54, 1.807) is 4.90 Å². The van der Waals surface area contributed by atoms with Crippen molar-refractivity contribution in [3.63, 3.8) is 0 Å². The third-order valence-electron chi connectivity index (χ3n) is 3.93. The number of hydrogen-bond donors (Lipinski definition) is 1. The van der Waals surface area contributed by atoms with Gasteiger partial charge in [0.1, 0.15) is 12.4 Å². The molecular weight excluding hydrogens is 328 g/mol. The van der Waals surface area contributed by atoms with Crippen molar-refractivity contribution in [2.75, 3.05) is 18.4 Å². The number of rotatable bonds is 9. The molecule has 0 aliphatic rings. The maximum Gasteiger partial charge on any atom is 0.226 e. The average Bonchev–Trinajstić information content (AvgIpc) is 2.65. The number of nitrogens with one attached hydrogen (secondary N) is 1. The standard InChI is InChI=1S/C21H26N2O3/c1-3-14-23(17(2)24)15-13-21(25)22-19-9-11-20(12-10-19)26-16-18-7-5-4-6-8-18/h4-12H,3,13-16H2,1-2H3,(H,22,25). The maximum atomic E-state index is 12.1. The van der Waals surface area contributed by atoms with Gasteiger partial charge in [0.05, 0.1) is 0 Å². The SMILES string of the molecule is CCCN(CCC(=O)Nc1ccc(OCc2ccccc2)cc1)C(C)=O. The lowest BCUT2D eigenvalue weighted by Gasteiger charge is -2.19. The Morgan fingerprint density at radius 1 is 1.00 bits per heavy atom. The molecule has 0 unspecified atom stereocenters. The predicted octanol–water partition coefficient (Wildman–Crippen LogP) is 3.85. The van der Waals surface area contributed by atoms with Crippen LogP contribution < -0.4 is 10.1 Å². The van der Waals surface area contributed by atoms with Gasteiger partial charge in [-0.1, -0.05) is 37.3 Å². The van der Waals surface area contributed by atoms with E-state index in [9.17, 15) is 9.59 Å². The third kappa shape index (κ3) is 6.59. The van der Waals surface area contributed by atoms with Crippen molar-refractivity contribution in [1.82, 2.24) is 4.90 Å². The number of benzene rings is 2. The van der Waals surface area contributed by atoms with Crippen LogP contribution in [0, 0.1) is 0 Å². The number of amides is 2. The first-order chi connectivity index (χ1) is 12.6. The Hall–Kier alpha value is -2.82. The summed E-state index contributed by atoms with van der Waals surface area (Å²) < 4.78 is 5.73. The van der Waals surface area contributed by atoms with Gasteiger partial charge in [0.25, 0.3) is 0 Å². The molecule has 0 saturated heterocycles. The Kier molecular flexibility index (Phi) is 7.68. The van der Waals surface area contributed by atoms with Crippen LogP contribution in [0.1, 0.15) is 32.3 Å². The van der Waals surface area contributed by atoms with Gasteiger partial charge in [0.15, 0.2) is 0 Å². The summed E-state index contributed by atoms with van der Waals surface area (Å²) in [5.74, 6) is 0.641.